The number of hydrogen-bond acceptors (Lipinski definition) is 8. The van der Waals surface area contributed by atoms with Crippen molar-refractivity contribution in [3.8, 4) is 0 Å². The molecule has 0 aliphatic carbocycles. The summed E-state index contributed by atoms with van der Waals surface area (Å²) in [7, 11) is 0. The van der Waals surface area contributed by atoms with E-state index in [1.54, 1.807) is 23.5 Å². The molecule has 5 N–H and O–H groups in total. The van der Waals surface area contributed by atoms with Gasteiger partial charge in [-0.1, -0.05) is 0 Å². The number of carbonyl (C=O) groups is 2. The van der Waals surface area contributed by atoms with Crippen molar-refractivity contribution in [3.05, 3.63) is 0 Å². The van der Waals surface area contributed by atoms with E-state index < -0.39 is 24.0 Å². The van der Waals surface area contributed by atoms with E-state index in [9.17, 15) is 19.8 Å². The zero-order valence-electron chi connectivity index (χ0n) is 13.3. The predicted molar refractivity (Wildman–Crippen MR) is 85.2 cm³/mol. The molecule has 0 bridgehead atoms. The van der Waals surface area contributed by atoms with Crippen molar-refractivity contribution in [2.75, 3.05) is 37.1 Å². The van der Waals surface area contributed by atoms with Crippen molar-refractivity contribution in [2.24, 2.45) is 0 Å². The third-order valence-corrected chi connectivity index (χ3v) is 3.98. The molecule has 11 heteroatoms. The summed E-state index contributed by atoms with van der Waals surface area (Å²) in [6.45, 7) is 0.742. The molecule has 0 rings (SSSR count). The Balaban J connectivity index is -0.000000602. The Morgan fingerprint density at radius 3 is 1.43 bits per heavy atom. The van der Waals surface area contributed by atoms with Crippen LogP contribution in [-0.2, 0) is 39.1 Å². The fourth-order valence-electron chi connectivity index (χ4n) is 1.57. The quantitative estimate of drug-likeness (QED) is 0.238. The second kappa shape index (κ2) is 20.1. The number of rotatable bonds is 13. The van der Waals surface area contributed by atoms with Crippen LogP contribution in [0.1, 0.15) is 12.8 Å². The Bertz CT molecular complexity index is 275. The minimum absolute atomic E-state index is 0. The zero-order valence-corrected chi connectivity index (χ0v) is 16.3. The number of carboxylic acids is 2. The van der Waals surface area contributed by atoms with E-state index in [1.807, 2.05) is 12.5 Å². The molecule has 0 aromatic carbocycles. The van der Waals surface area contributed by atoms with Gasteiger partial charge in [0.1, 0.15) is 0 Å². The SMILES string of the molecule is CSCC[C@@H](NCCN[C@H](CCSC)C(=O)[O-])C(=O)[O-].[O-2].[OH3+].[V+4]. The molecule has 0 aromatic heterocycles. The number of thioether (sulfide) groups is 2. The molecule has 0 unspecified atom stereocenters. The van der Waals surface area contributed by atoms with E-state index in [0.29, 0.717) is 25.9 Å². The molecule has 0 heterocycles. The van der Waals surface area contributed by atoms with Gasteiger partial charge in [-0.3, -0.25) is 0 Å². The molecular formula is C12H25N2O6S2V+. The van der Waals surface area contributed by atoms with Crippen LogP contribution < -0.4 is 20.8 Å². The summed E-state index contributed by atoms with van der Waals surface area (Å²) >= 11 is 3.14. The third-order valence-electron chi connectivity index (χ3n) is 2.70. The van der Waals surface area contributed by atoms with Gasteiger partial charge >= 0.3 is 18.6 Å². The summed E-state index contributed by atoms with van der Waals surface area (Å²) in [5.41, 5.74) is 0. The first-order valence-corrected chi connectivity index (χ1v) is 9.18. The van der Waals surface area contributed by atoms with Crippen molar-refractivity contribution >= 4 is 35.5 Å². The Hall–Kier alpha value is 0.0644. The number of carboxylic acid groups (broad SMARTS) is 2. The van der Waals surface area contributed by atoms with Crippen LogP contribution in [0.5, 0.6) is 0 Å². The van der Waals surface area contributed by atoms with Gasteiger partial charge < -0.3 is 41.4 Å². The summed E-state index contributed by atoms with van der Waals surface area (Å²) < 4.78 is 0. The normalized spacial score (nSPS) is 12.1. The van der Waals surface area contributed by atoms with Gasteiger partial charge in [-0.2, -0.15) is 23.5 Å². The molecule has 1 radical (unpaired) electrons. The van der Waals surface area contributed by atoms with Crippen molar-refractivity contribution < 1.29 is 49.3 Å². The summed E-state index contributed by atoms with van der Waals surface area (Å²) in [5.74, 6) is -0.793. The number of carbonyl (C=O) groups excluding carboxylic acids is 2. The predicted octanol–water partition coefficient (Wildman–Crippen LogP) is -3.13. The van der Waals surface area contributed by atoms with E-state index in [4.69, 9.17) is 0 Å². The fourth-order valence-corrected chi connectivity index (χ4v) is 2.51. The van der Waals surface area contributed by atoms with Gasteiger partial charge in [-0.25, -0.2) is 0 Å². The minimum Gasteiger partial charge on any atom is -2.00 e. The molecule has 0 saturated heterocycles. The molecule has 0 aromatic rings. The standard InChI is InChI=1S/C12H24N2O4S2.H2O.O.V/c1-19-7-3-9(11(15)16)13-5-6-14-10(12(17)18)4-8-20-2;;;/h9-10,13-14H,3-8H2,1-2H3,(H,15,16)(H,17,18);1H2;;/q;;-2;+4/p-1/t9-,10-;;;/m1.../s1. The van der Waals surface area contributed by atoms with Crippen LogP contribution >= 0.6 is 23.5 Å². The molecular weight excluding hydrogens is 383 g/mol. The van der Waals surface area contributed by atoms with Crippen LogP contribution in [0.4, 0.5) is 0 Å². The van der Waals surface area contributed by atoms with Crippen LogP contribution in [0.25, 0.3) is 0 Å². The molecule has 8 nitrogen and oxygen atoms in total. The van der Waals surface area contributed by atoms with Crippen molar-refractivity contribution in [3.63, 3.8) is 0 Å². The Kier molecular flexibility index (Phi) is 27.0. The van der Waals surface area contributed by atoms with Gasteiger partial charge in [0, 0.05) is 25.2 Å². The summed E-state index contributed by atoms with van der Waals surface area (Å²) in [6.07, 6.45) is 4.79. The number of hydrogen-bond donors (Lipinski definition) is 2. The minimum atomic E-state index is -1.13. The third kappa shape index (κ3) is 16.7. The molecule has 2 atom stereocenters. The molecule has 0 aliphatic heterocycles. The second-order valence-electron chi connectivity index (χ2n) is 4.21. The largest absolute Gasteiger partial charge is 4.00 e. The van der Waals surface area contributed by atoms with Crippen molar-refractivity contribution in [1.29, 1.82) is 0 Å². The number of nitrogens with one attached hydrogen (secondary N) is 2. The molecule has 23 heavy (non-hydrogen) atoms. The molecule has 0 spiro atoms. The average Bonchev–Trinajstić information content (AvgIpc) is 2.40. The van der Waals surface area contributed by atoms with Crippen molar-refractivity contribution in [2.45, 2.75) is 24.9 Å². The van der Waals surface area contributed by atoms with Gasteiger partial charge in [0.15, 0.2) is 0 Å². The van der Waals surface area contributed by atoms with Crippen LogP contribution in [0.2, 0.25) is 0 Å². The molecule has 135 valence electrons. The van der Waals surface area contributed by atoms with Crippen molar-refractivity contribution in [1.82, 2.24) is 10.6 Å². The molecule has 0 saturated carbocycles. The smallest absolute Gasteiger partial charge is 2.00 e. The maximum absolute atomic E-state index is 10.9. The average molecular weight is 408 g/mol. The monoisotopic (exact) mass is 408 g/mol. The molecule has 0 aliphatic rings. The van der Waals surface area contributed by atoms with Gasteiger partial charge in [0.2, 0.25) is 0 Å². The van der Waals surface area contributed by atoms with Gasteiger partial charge in [0.05, 0.1) is 11.9 Å². The first-order valence-electron chi connectivity index (χ1n) is 6.39. The first kappa shape index (κ1) is 30.9. The molecule has 0 amide bonds. The maximum atomic E-state index is 10.9. The van der Waals surface area contributed by atoms with E-state index >= 15 is 0 Å². The zero-order chi connectivity index (χ0) is 15.4. The Morgan fingerprint density at radius 2 is 1.22 bits per heavy atom. The first-order chi connectivity index (χ1) is 9.52. The van der Waals surface area contributed by atoms with E-state index in [-0.39, 0.29) is 29.5 Å². The van der Waals surface area contributed by atoms with E-state index in [2.05, 4.69) is 10.6 Å². The topological polar surface area (TPSA) is 166 Å². The summed E-state index contributed by atoms with van der Waals surface area (Å²) in [4.78, 5) is 21.7. The number of aliphatic carboxylic acids is 2. The fraction of sp³-hybridized carbons (Fsp3) is 0.833. The van der Waals surface area contributed by atoms with E-state index in [1.165, 1.54) is 0 Å². The van der Waals surface area contributed by atoms with Crippen LogP contribution in [0, 0.1) is 0 Å². The van der Waals surface area contributed by atoms with Crippen LogP contribution in [0.15, 0.2) is 0 Å². The Morgan fingerprint density at radius 1 is 0.913 bits per heavy atom. The molecule has 0 fully saturated rings. The van der Waals surface area contributed by atoms with Gasteiger partial charge in [0.25, 0.3) is 0 Å². The maximum Gasteiger partial charge on any atom is 4.00 e. The van der Waals surface area contributed by atoms with Crippen LogP contribution in [-0.4, -0.2) is 61.1 Å². The Labute approximate surface area is 157 Å². The van der Waals surface area contributed by atoms with Crippen LogP contribution in [0.3, 0.4) is 0 Å². The van der Waals surface area contributed by atoms with Gasteiger partial charge in [-0.15, -0.1) is 0 Å². The van der Waals surface area contributed by atoms with Gasteiger partial charge in [-0.05, 0) is 36.9 Å². The summed E-state index contributed by atoms with van der Waals surface area (Å²) in [6, 6.07) is -1.39. The second-order valence-corrected chi connectivity index (χ2v) is 6.19. The van der Waals surface area contributed by atoms with E-state index in [0.717, 1.165) is 11.5 Å². The summed E-state index contributed by atoms with van der Waals surface area (Å²) in [5, 5.41) is 27.4.